The molecule has 2 amide bonds. The third-order valence-electron chi connectivity index (χ3n) is 4.98. The summed E-state index contributed by atoms with van der Waals surface area (Å²) in [4.78, 5) is 27.2. The van der Waals surface area contributed by atoms with E-state index in [-0.39, 0.29) is 24.1 Å². The number of nitrogens with one attached hydrogen (secondary N) is 1. The van der Waals surface area contributed by atoms with Crippen molar-refractivity contribution in [2.24, 2.45) is 5.92 Å². The zero-order valence-corrected chi connectivity index (χ0v) is 13.8. The quantitative estimate of drug-likeness (QED) is 0.829. The zero-order valence-electron chi connectivity index (χ0n) is 13.8. The minimum absolute atomic E-state index is 0.121. The van der Waals surface area contributed by atoms with Gasteiger partial charge in [-0.15, -0.1) is 0 Å². The van der Waals surface area contributed by atoms with Crippen molar-refractivity contribution in [3.8, 4) is 5.75 Å². The number of phenolic OH excluding ortho intramolecular Hbond substituents is 1. The molecule has 0 unspecified atom stereocenters. The Balaban J connectivity index is 1.66. The Morgan fingerprint density at radius 2 is 1.68 bits per heavy atom. The summed E-state index contributed by atoms with van der Waals surface area (Å²) in [5.41, 5.74) is 4.71. The van der Waals surface area contributed by atoms with E-state index in [1.807, 2.05) is 36.4 Å². The number of hydrogen-bond donors (Lipinski definition) is 2. The van der Waals surface area contributed by atoms with E-state index >= 15 is 0 Å². The van der Waals surface area contributed by atoms with Crippen LogP contribution in [0.3, 0.4) is 0 Å². The number of phenols is 1. The van der Waals surface area contributed by atoms with Crippen LogP contribution in [0.4, 0.5) is 0 Å². The average molecular weight is 337 g/mol. The Labute approximate surface area is 145 Å². The minimum Gasteiger partial charge on any atom is -0.508 e. The van der Waals surface area contributed by atoms with E-state index in [0.29, 0.717) is 5.56 Å². The molecule has 6 nitrogen and oxygen atoms in total. The van der Waals surface area contributed by atoms with Gasteiger partial charge in [0.25, 0.3) is 0 Å². The number of para-hydroxylation sites is 1. The summed E-state index contributed by atoms with van der Waals surface area (Å²) in [6.07, 6.45) is 0. The molecule has 0 bridgehead atoms. The summed E-state index contributed by atoms with van der Waals surface area (Å²) in [6, 6.07) is 15.4. The van der Waals surface area contributed by atoms with E-state index in [2.05, 4.69) is 5.43 Å². The lowest BCUT2D eigenvalue weighted by Gasteiger charge is -2.22. The Kier molecular flexibility index (Phi) is 3.78. The molecule has 4 rings (SSSR count). The number of rotatable bonds is 3. The standard InChI is InChI=1S/C19H19N3O3/c1-21-17-15(16(20-21)13-9-5-6-10-14(13)23)18(24)22(19(17)25)11-12-7-3-2-4-8-12/h2-10,15-17,20,23H,11H2,1H3/t15-,16-,17+/m0/s1. The lowest BCUT2D eigenvalue weighted by Crippen LogP contribution is -2.42. The van der Waals surface area contributed by atoms with Crippen LogP contribution >= 0.6 is 0 Å². The smallest absolute Gasteiger partial charge is 0.249 e. The second-order valence-corrected chi connectivity index (χ2v) is 6.50. The lowest BCUT2D eigenvalue weighted by molar-refractivity contribution is -0.142. The van der Waals surface area contributed by atoms with Gasteiger partial charge in [-0.1, -0.05) is 48.5 Å². The van der Waals surface area contributed by atoms with Gasteiger partial charge in [0.1, 0.15) is 11.8 Å². The summed E-state index contributed by atoms with van der Waals surface area (Å²) < 4.78 is 0. The van der Waals surface area contributed by atoms with Crippen molar-refractivity contribution < 1.29 is 14.7 Å². The van der Waals surface area contributed by atoms with E-state index in [1.165, 1.54) is 4.90 Å². The fraction of sp³-hybridized carbons (Fsp3) is 0.263. The van der Waals surface area contributed by atoms with Crippen molar-refractivity contribution in [3.05, 3.63) is 65.7 Å². The van der Waals surface area contributed by atoms with E-state index < -0.39 is 18.0 Å². The third-order valence-corrected chi connectivity index (χ3v) is 4.98. The number of nitrogens with zero attached hydrogens (tertiary/aromatic N) is 2. The number of aromatic hydroxyl groups is 1. The molecule has 0 saturated carbocycles. The number of likely N-dealkylation sites (N-methyl/N-ethyl adjacent to an activating group) is 1. The van der Waals surface area contributed by atoms with Gasteiger partial charge < -0.3 is 5.11 Å². The highest BCUT2D eigenvalue weighted by Gasteiger charge is 2.57. The van der Waals surface area contributed by atoms with Gasteiger partial charge in [0, 0.05) is 12.6 Å². The maximum absolute atomic E-state index is 13.0. The number of benzene rings is 2. The zero-order chi connectivity index (χ0) is 17.6. The number of carbonyl (C=O) groups excluding carboxylic acids is 2. The van der Waals surface area contributed by atoms with Crippen LogP contribution in [0.5, 0.6) is 5.75 Å². The summed E-state index contributed by atoms with van der Waals surface area (Å²) in [5.74, 6) is -0.832. The van der Waals surface area contributed by atoms with Crippen LogP contribution in [0.1, 0.15) is 17.2 Å². The van der Waals surface area contributed by atoms with Crippen molar-refractivity contribution in [1.29, 1.82) is 0 Å². The van der Waals surface area contributed by atoms with Gasteiger partial charge >= 0.3 is 0 Å². The largest absolute Gasteiger partial charge is 0.508 e. The predicted octanol–water partition coefficient (Wildman–Crippen LogP) is 1.44. The van der Waals surface area contributed by atoms with Gasteiger partial charge in [0.2, 0.25) is 11.8 Å². The first-order chi connectivity index (χ1) is 12.1. The predicted molar refractivity (Wildman–Crippen MR) is 91.0 cm³/mol. The molecule has 2 fully saturated rings. The highest BCUT2D eigenvalue weighted by atomic mass is 16.3. The summed E-state index contributed by atoms with van der Waals surface area (Å²) >= 11 is 0. The molecule has 2 heterocycles. The number of imide groups is 1. The molecule has 2 N–H and O–H groups in total. The first-order valence-corrected chi connectivity index (χ1v) is 8.24. The molecule has 2 aliphatic rings. The number of likely N-dealkylation sites (tertiary alicyclic amines) is 1. The van der Waals surface area contributed by atoms with Crippen LogP contribution in [-0.4, -0.2) is 39.9 Å². The molecule has 6 heteroatoms. The van der Waals surface area contributed by atoms with Gasteiger partial charge in [-0.25, -0.2) is 10.4 Å². The molecular formula is C19H19N3O3. The normalized spacial score (nSPS) is 26.3. The molecule has 2 aliphatic heterocycles. The van der Waals surface area contributed by atoms with Gasteiger partial charge in [0.05, 0.1) is 18.5 Å². The molecule has 0 radical (unpaired) electrons. The van der Waals surface area contributed by atoms with Crippen molar-refractivity contribution >= 4 is 11.8 Å². The highest BCUT2D eigenvalue weighted by Crippen LogP contribution is 2.42. The van der Waals surface area contributed by atoms with Crippen LogP contribution in [0.2, 0.25) is 0 Å². The Morgan fingerprint density at radius 3 is 2.40 bits per heavy atom. The monoisotopic (exact) mass is 337 g/mol. The number of hydrogen-bond acceptors (Lipinski definition) is 5. The van der Waals surface area contributed by atoms with E-state index in [4.69, 9.17) is 0 Å². The van der Waals surface area contributed by atoms with Crippen LogP contribution in [-0.2, 0) is 16.1 Å². The van der Waals surface area contributed by atoms with Crippen LogP contribution in [0, 0.1) is 5.92 Å². The molecule has 0 aromatic heterocycles. The van der Waals surface area contributed by atoms with E-state index in [1.54, 1.807) is 30.3 Å². The van der Waals surface area contributed by atoms with Gasteiger partial charge in [-0.2, -0.15) is 0 Å². The SMILES string of the molecule is CN1N[C@@H](c2ccccc2O)[C@@H]2C(=O)N(Cc3ccccc3)C(=O)[C@@H]21. The van der Waals surface area contributed by atoms with Crippen molar-refractivity contribution in [2.45, 2.75) is 18.6 Å². The summed E-state index contributed by atoms with van der Waals surface area (Å²) in [7, 11) is 1.76. The lowest BCUT2D eigenvalue weighted by atomic mass is 9.90. The van der Waals surface area contributed by atoms with Crippen LogP contribution in [0.25, 0.3) is 0 Å². The topological polar surface area (TPSA) is 72.9 Å². The average Bonchev–Trinajstić information content (AvgIpc) is 3.08. The van der Waals surface area contributed by atoms with Crippen molar-refractivity contribution in [2.75, 3.05) is 7.05 Å². The van der Waals surface area contributed by atoms with E-state index in [0.717, 1.165) is 5.56 Å². The van der Waals surface area contributed by atoms with Gasteiger partial charge in [-0.3, -0.25) is 14.5 Å². The van der Waals surface area contributed by atoms with Gasteiger partial charge in [-0.05, 0) is 11.6 Å². The molecule has 3 atom stereocenters. The molecule has 0 spiro atoms. The minimum atomic E-state index is -0.555. The second-order valence-electron chi connectivity index (χ2n) is 6.50. The van der Waals surface area contributed by atoms with Crippen LogP contribution < -0.4 is 5.43 Å². The highest BCUT2D eigenvalue weighted by molar-refractivity contribution is 6.07. The number of carbonyl (C=O) groups is 2. The van der Waals surface area contributed by atoms with E-state index in [9.17, 15) is 14.7 Å². The van der Waals surface area contributed by atoms with Crippen molar-refractivity contribution in [1.82, 2.24) is 15.3 Å². The third kappa shape index (κ3) is 2.50. The molecule has 0 aliphatic carbocycles. The molecule has 2 aromatic carbocycles. The summed E-state index contributed by atoms with van der Waals surface area (Å²) in [5, 5.41) is 11.8. The Bertz CT molecular complexity index is 824. The fourth-order valence-corrected chi connectivity index (χ4v) is 3.78. The maximum Gasteiger partial charge on any atom is 0.249 e. The molecule has 128 valence electrons. The molecule has 2 aromatic rings. The molecule has 2 saturated heterocycles. The number of amides is 2. The Morgan fingerprint density at radius 1 is 1.00 bits per heavy atom. The number of fused-ring (bicyclic) bond motifs is 1. The first kappa shape index (κ1) is 15.8. The number of hydrazine groups is 1. The van der Waals surface area contributed by atoms with Gasteiger partial charge in [0.15, 0.2) is 0 Å². The molecular weight excluding hydrogens is 318 g/mol. The Hall–Kier alpha value is -2.70. The fourth-order valence-electron chi connectivity index (χ4n) is 3.78. The summed E-state index contributed by atoms with van der Waals surface area (Å²) in [6.45, 7) is 0.271. The second kappa shape index (κ2) is 5.98. The molecule has 25 heavy (non-hydrogen) atoms. The van der Waals surface area contributed by atoms with Crippen LogP contribution in [0.15, 0.2) is 54.6 Å². The first-order valence-electron chi connectivity index (χ1n) is 8.24. The maximum atomic E-state index is 13.0. The van der Waals surface area contributed by atoms with Crippen molar-refractivity contribution in [3.63, 3.8) is 0 Å².